The minimum absolute atomic E-state index is 0.0967. The average Bonchev–Trinajstić information content (AvgIpc) is 2.36. The topological polar surface area (TPSA) is 59.0 Å². The molecule has 0 amide bonds. The Kier molecular flexibility index (Phi) is 4.21. The van der Waals surface area contributed by atoms with Crippen molar-refractivity contribution < 1.29 is 19.4 Å². The second-order valence-corrected chi connectivity index (χ2v) is 5.71. The molecule has 21 heavy (non-hydrogen) atoms. The van der Waals surface area contributed by atoms with Crippen LogP contribution in [0.25, 0.3) is 5.76 Å². The van der Waals surface area contributed by atoms with Gasteiger partial charge in [0.2, 0.25) is 0 Å². The van der Waals surface area contributed by atoms with Gasteiger partial charge in [0.1, 0.15) is 29.9 Å². The van der Waals surface area contributed by atoms with Crippen LogP contribution in [-0.4, -0.2) is 28.1 Å². The van der Waals surface area contributed by atoms with Gasteiger partial charge in [-0.3, -0.25) is 4.79 Å². The van der Waals surface area contributed by atoms with Gasteiger partial charge in [0.25, 0.3) is 0 Å². The second-order valence-electron chi connectivity index (χ2n) is 5.71. The third kappa shape index (κ3) is 4.56. The average molecular weight is 289 g/mol. The van der Waals surface area contributed by atoms with Gasteiger partial charge in [-0.1, -0.05) is 12.1 Å². The number of aromatic hydroxyl groups is 1. The number of phenolic OH excluding ortho intramolecular Hbond substituents is 1. The number of carbonyl (C=O) groups excluding carboxylic acids is 1. The third-order valence-electron chi connectivity index (χ3n) is 2.59. The van der Waals surface area contributed by atoms with E-state index in [1.807, 2.05) is 26.8 Å². The van der Waals surface area contributed by atoms with E-state index < -0.39 is 5.60 Å². The summed E-state index contributed by atoms with van der Waals surface area (Å²) < 4.78 is 10.7. The largest absolute Gasteiger partial charge is 0.508 e. The maximum absolute atomic E-state index is 11.8. The van der Waals surface area contributed by atoms with E-state index in [2.05, 4.69) is 0 Å². The number of hydrogen-bond acceptors (Lipinski definition) is 5. The fourth-order valence-corrected chi connectivity index (χ4v) is 1.83. The van der Waals surface area contributed by atoms with Crippen molar-refractivity contribution >= 4 is 11.7 Å². The molecule has 5 nitrogen and oxygen atoms in total. The highest BCUT2D eigenvalue weighted by atomic mass is 16.6. The lowest BCUT2D eigenvalue weighted by atomic mass is 10.2. The summed E-state index contributed by atoms with van der Waals surface area (Å²) in [7, 11) is 0. The number of ether oxygens (including phenoxy) is 2. The Hall–Kier alpha value is -2.43. The summed E-state index contributed by atoms with van der Waals surface area (Å²) in [5.41, 5.74) is 0.221. The molecule has 112 valence electrons. The Morgan fingerprint density at radius 1 is 1.38 bits per heavy atom. The number of rotatable bonds is 3. The molecule has 0 saturated heterocycles. The van der Waals surface area contributed by atoms with Crippen LogP contribution in [0.3, 0.4) is 0 Å². The first kappa shape index (κ1) is 15.0. The van der Waals surface area contributed by atoms with Crippen LogP contribution in [0, 0.1) is 0 Å². The highest BCUT2D eigenvalue weighted by molar-refractivity contribution is 5.73. The Morgan fingerprint density at radius 2 is 2.14 bits per heavy atom. The Balaban J connectivity index is 2.07. The maximum atomic E-state index is 11.8. The predicted octanol–water partition coefficient (Wildman–Crippen LogP) is 2.84. The molecule has 0 aliphatic carbocycles. The van der Waals surface area contributed by atoms with Crippen molar-refractivity contribution in [2.24, 2.45) is 0 Å². The number of esters is 1. The summed E-state index contributed by atoms with van der Waals surface area (Å²) in [6.45, 7) is 5.58. The lowest BCUT2D eigenvalue weighted by Gasteiger charge is -2.24. The first-order chi connectivity index (χ1) is 9.83. The van der Waals surface area contributed by atoms with Gasteiger partial charge < -0.3 is 19.5 Å². The quantitative estimate of drug-likeness (QED) is 0.867. The fourth-order valence-electron chi connectivity index (χ4n) is 1.83. The predicted molar refractivity (Wildman–Crippen MR) is 78.9 cm³/mol. The summed E-state index contributed by atoms with van der Waals surface area (Å²) in [6, 6.07) is 6.72. The fraction of sp³-hybridized carbons (Fsp3) is 0.312. The molecule has 0 radical (unpaired) electrons. The molecule has 5 heteroatoms. The zero-order valence-corrected chi connectivity index (χ0v) is 12.4. The van der Waals surface area contributed by atoms with Crippen LogP contribution < -0.4 is 0 Å². The molecule has 0 bridgehead atoms. The summed E-state index contributed by atoms with van der Waals surface area (Å²) in [5.74, 6) is 0.391. The highest BCUT2D eigenvalue weighted by Gasteiger charge is 2.19. The standard InChI is InChI=1S/C16H19NO4/c1-16(2,3)21-15(19)11-17-7-8-20-14(10-17)12-5-4-6-13(18)9-12/h4-10,18H,11H2,1-3H3. The van der Waals surface area contributed by atoms with Crippen LogP contribution in [0.1, 0.15) is 26.3 Å². The highest BCUT2D eigenvalue weighted by Crippen LogP contribution is 2.23. The van der Waals surface area contributed by atoms with Gasteiger partial charge in [-0.05, 0) is 32.9 Å². The van der Waals surface area contributed by atoms with Crippen molar-refractivity contribution in [2.45, 2.75) is 26.4 Å². The molecule has 0 aromatic heterocycles. The van der Waals surface area contributed by atoms with Crippen LogP contribution in [0.4, 0.5) is 0 Å². The Labute approximate surface area is 124 Å². The zero-order chi connectivity index (χ0) is 15.5. The monoisotopic (exact) mass is 289 g/mol. The van der Waals surface area contributed by atoms with Crippen LogP contribution in [0.5, 0.6) is 5.75 Å². The molecular weight excluding hydrogens is 270 g/mol. The van der Waals surface area contributed by atoms with Crippen molar-refractivity contribution in [2.75, 3.05) is 6.54 Å². The molecule has 1 aromatic carbocycles. The lowest BCUT2D eigenvalue weighted by Crippen LogP contribution is -2.30. The number of hydrogen-bond donors (Lipinski definition) is 1. The number of benzene rings is 1. The van der Waals surface area contributed by atoms with E-state index in [0.717, 1.165) is 5.56 Å². The molecule has 1 heterocycles. The molecule has 1 aliphatic heterocycles. The molecule has 1 aliphatic rings. The summed E-state index contributed by atoms with van der Waals surface area (Å²) in [6.07, 6.45) is 4.83. The van der Waals surface area contributed by atoms with Crippen molar-refractivity contribution in [3.63, 3.8) is 0 Å². The first-order valence-corrected chi connectivity index (χ1v) is 6.66. The lowest BCUT2D eigenvalue weighted by molar-refractivity contribution is -0.154. The van der Waals surface area contributed by atoms with Crippen LogP contribution >= 0.6 is 0 Å². The van der Waals surface area contributed by atoms with E-state index in [-0.39, 0.29) is 18.3 Å². The number of carbonyl (C=O) groups is 1. The van der Waals surface area contributed by atoms with Crippen molar-refractivity contribution in [3.8, 4) is 5.75 Å². The minimum atomic E-state index is -0.509. The maximum Gasteiger partial charge on any atom is 0.326 e. The van der Waals surface area contributed by atoms with E-state index >= 15 is 0 Å². The summed E-state index contributed by atoms with van der Waals surface area (Å²) in [4.78, 5) is 13.5. The van der Waals surface area contributed by atoms with E-state index in [1.54, 1.807) is 35.5 Å². The first-order valence-electron chi connectivity index (χ1n) is 6.66. The molecular formula is C16H19NO4. The van der Waals surface area contributed by atoms with Gasteiger partial charge >= 0.3 is 5.97 Å². The van der Waals surface area contributed by atoms with Crippen LogP contribution in [-0.2, 0) is 14.3 Å². The van der Waals surface area contributed by atoms with E-state index in [0.29, 0.717) is 5.76 Å². The van der Waals surface area contributed by atoms with Crippen LogP contribution in [0.15, 0.2) is 42.9 Å². The summed E-state index contributed by atoms with van der Waals surface area (Å²) >= 11 is 0. The molecule has 2 rings (SSSR count). The van der Waals surface area contributed by atoms with Crippen molar-refractivity contribution in [3.05, 3.63) is 48.5 Å². The molecule has 0 fully saturated rings. The Morgan fingerprint density at radius 3 is 2.81 bits per heavy atom. The van der Waals surface area contributed by atoms with Gasteiger partial charge in [-0.15, -0.1) is 0 Å². The van der Waals surface area contributed by atoms with Gasteiger partial charge in [-0.2, -0.15) is 0 Å². The smallest absolute Gasteiger partial charge is 0.326 e. The van der Waals surface area contributed by atoms with Crippen molar-refractivity contribution in [1.82, 2.24) is 4.90 Å². The van der Waals surface area contributed by atoms with Gasteiger partial charge in [0.15, 0.2) is 0 Å². The summed E-state index contributed by atoms with van der Waals surface area (Å²) in [5, 5.41) is 9.49. The number of nitrogens with zero attached hydrogens (tertiary/aromatic N) is 1. The Bertz CT molecular complexity index is 584. The molecule has 1 N–H and O–H groups in total. The van der Waals surface area contributed by atoms with Crippen molar-refractivity contribution in [1.29, 1.82) is 0 Å². The minimum Gasteiger partial charge on any atom is -0.508 e. The third-order valence-corrected chi connectivity index (χ3v) is 2.59. The SMILES string of the molecule is CC(C)(C)OC(=O)CN1C=COC(c2cccc(O)c2)=C1. The van der Waals surface area contributed by atoms with Gasteiger partial charge in [0, 0.05) is 18.0 Å². The van der Waals surface area contributed by atoms with Crippen LogP contribution in [0.2, 0.25) is 0 Å². The second kappa shape index (κ2) is 5.91. The number of phenols is 1. The normalized spacial score (nSPS) is 14.4. The molecule has 0 unspecified atom stereocenters. The molecule has 1 aromatic rings. The van der Waals surface area contributed by atoms with Gasteiger partial charge in [0.05, 0.1) is 0 Å². The van der Waals surface area contributed by atoms with E-state index in [4.69, 9.17) is 9.47 Å². The van der Waals surface area contributed by atoms with E-state index in [9.17, 15) is 9.90 Å². The molecule has 0 atom stereocenters. The van der Waals surface area contributed by atoms with Gasteiger partial charge in [-0.25, -0.2) is 0 Å². The van der Waals surface area contributed by atoms with E-state index in [1.165, 1.54) is 6.26 Å². The zero-order valence-electron chi connectivity index (χ0n) is 12.4. The molecule has 0 saturated carbocycles. The molecule has 0 spiro atoms.